The summed E-state index contributed by atoms with van der Waals surface area (Å²) in [4.78, 5) is 0. The zero-order chi connectivity index (χ0) is 14.7. The van der Waals surface area contributed by atoms with Gasteiger partial charge >= 0.3 is 0 Å². The number of hydrogen-bond acceptors (Lipinski definition) is 2. The first-order valence-corrected chi connectivity index (χ1v) is 6.05. The van der Waals surface area contributed by atoms with E-state index < -0.39 is 23.5 Å². The Morgan fingerprint density at radius 2 is 1.75 bits per heavy atom. The Hall–Kier alpha value is -2.01. The van der Waals surface area contributed by atoms with E-state index in [1.807, 2.05) is 0 Å². The van der Waals surface area contributed by atoms with Gasteiger partial charge < -0.3 is 10.5 Å². The quantitative estimate of drug-likeness (QED) is 0.872. The summed E-state index contributed by atoms with van der Waals surface area (Å²) in [5.74, 6) is -3.35. The van der Waals surface area contributed by atoms with Crippen molar-refractivity contribution in [2.45, 2.75) is 12.5 Å². The van der Waals surface area contributed by atoms with Crippen LogP contribution < -0.4 is 10.5 Å². The Kier molecular flexibility index (Phi) is 4.29. The third-order valence-corrected chi connectivity index (χ3v) is 3.10. The first kappa shape index (κ1) is 14.4. The first-order valence-electron chi connectivity index (χ1n) is 6.05. The summed E-state index contributed by atoms with van der Waals surface area (Å²) in [5, 5.41) is 0. The summed E-state index contributed by atoms with van der Waals surface area (Å²) in [6, 6.07) is 8.38. The molecule has 0 bridgehead atoms. The van der Waals surface area contributed by atoms with Crippen LogP contribution in [0.1, 0.15) is 17.2 Å². The monoisotopic (exact) mass is 281 g/mol. The van der Waals surface area contributed by atoms with Gasteiger partial charge in [-0.1, -0.05) is 24.3 Å². The van der Waals surface area contributed by atoms with E-state index in [9.17, 15) is 13.2 Å². The van der Waals surface area contributed by atoms with E-state index in [-0.39, 0.29) is 12.0 Å². The maximum absolute atomic E-state index is 13.7. The number of nitrogens with two attached hydrogens (primary N) is 1. The minimum absolute atomic E-state index is 0.0604. The molecule has 20 heavy (non-hydrogen) atoms. The van der Waals surface area contributed by atoms with Gasteiger partial charge in [0.05, 0.1) is 7.11 Å². The number of ether oxygens (including phenoxy) is 1. The zero-order valence-electron chi connectivity index (χ0n) is 10.9. The molecule has 0 radical (unpaired) electrons. The molecule has 2 N–H and O–H groups in total. The molecule has 2 nitrogen and oxygen atoms in total. The Balaban J connectivity index is 2.29. The summed E-state index contributed by atoms with van der Waals surface area (Å²) in [7, 11) is 1.52. The molecule has 0 amide bonds. The van der Waals surface area contributed by atoms with Crippen LogP contribution in [-0.2, 0) is 6.42 Å². The average molecular weight is 281 g/mol. The summed E-state index contributed by atoms with van der Waals surface area (Å²) in [6.45, 7) is 0. The third-order valence-electron chi connectivity index (χ3n) is 3.10. The fourth-order valence-electron chi connectivity index (χ4n) is 2.05. The lowest BCUT2D eigenvalue weighted by Gasteiger charge is -2.15. The molecule has 1 atom stereocenters. The van der Waals surface area contributed by atoms with Crippen LogP contribution in [0, 0.1) is 17.5 Å². The topological polar surface area (TPSA) is 35.2 Å². The maximum Gasteiger partial charge on any atom is 0.194 e. The van der Waals surface area contributed by atoms with E-state index in [0.29, 0.717) is 5.75 Å². The van der Waals surface area contributed by atoms with Crippen LogP contribution in [-0.4, -0.2) is 7.11 Å². The lowest BCUT2D eigenvalue weighted by atomic mass is 9.98. The Morgan fingerprint density at radius 1 is 1.05 bits per heavy atom. The van der Waals surface area contributed by atoms with Gasteiger partial charge in [-0.2, -0.15) is 0 Å². The molecule has 1 unspecified atom stereocenters. The molecule has 0 aliphatic heterocycles. The van der Waals surface area contributed by atoms with Crippen LogP contribution in [0.5, 0.6) is 5.75 Å². The Morgan fingerprint density at radius 3 is 2.45 bits per heavy atom. The van der Waals surface area contributed by atoms with Gasteiger partial charge in [0.15, 0.2) is 17.5 Å². The molecular formula is C15H14F3NO. The number of para-hydroxylation sites is 1. The maximum atomic E-state index is 13.7. The van der Waals surface area contributed by atoms with Gasteiger partial charge in [0.25, 0.3) is 0 Å². The summed E-state index contributed by atoms with van der Waals surface area (Å²) in [5.41, 5.74) is 6.60. The third kappa shape index (κ3) is 2.77. The number of halogens is 3. The van der Waals surface area contributed by atoms with Gasteiger partial charge in [0.1, 0.15) is 5.75 Å². The van der Waals surface area contributed by atoms with Crippen molar-refractivity contribution in [2.24, 2.45) is 5.73 Å². The smallest absolute Gasteiger partial charge is 0.194 e. The molecule has 2 rings (SSSR count). The van der Waals surface area contributed by atoms with E-state index in [2.05, 4.69) is 0 Å². The molecule has 0 heterocycles. The van der Waals surface area contributed by atoms with E-state index >= 15 is 0 Å². The first-order chi connectivity index (χ1) is 9.54. The highest BCUT2D eigenvalue weighted by Crippen LogP contribution is 2.26. The minimum atomic E-state index is -1.50. The number of rotatable bonds is 4. The van der Waals surface area contributed by atoms with Gasteiger partial charge in [-0.05, 0) is 24.1 Å². The highest BCUT2D eigenvalue weighted by Gasteiger charge is 2.19. The fraction of sp³-hybridized carbons (Fsp3) is 0.200. The van der Waals surface area contributed by atoms with Crippen LogP contribution in [0.2, 0.25) is 0 Å². The summed E-state index contributed by atoms with van der Waals surface area (Å²) >= 11 is 0. The predicted octanol–water partition coefficient (Wildman–Crippen LogP) is 3.36. The molecule has 0 aromatic heterocycles. The van der Waals surface area contributed by atoms with Crippen molar-refractivity contribution in [3.05, 3.63) is 65.0 Å². The van der Waals surface area contributed by atoms with Crippen molar-refractivity contribution < 1.29 is 17.9 Å². The summed E-state index contributed by atoms with van der Waals surface area (Å²) < 4.78 is 44.9. The molecule has 0 saturated carbocycles. The van der Waals surface area contributed by atoms with Crippen LogP contribution in [0.4, 0.5) is 13.2 Å². The minimum Gasteiger partial charge on any atom is -0.496 e. The lowest BCUT2D eigenvalue weighted by molar-refractivity contribution is 0.406. The second-order valence-electron chi connectivity index (χ2n) is 4.39. The van der Waals surface area contributed by atoms with E-state index in [1.54, 1.807) is 24.3 Å². The van der Waals surface area contributed by atoms with Gasteiger partial charge in [0.2, 0.25) is 0 Å². The fourth-order valence-corrected chi connectivity index (χ4v) is 2.05. The van der Waals surface area contributed by atoms with Crippen LogP contribution in [0.25, 0.3) is 0 Å². The Labute approximate surface area is 115 Å². The molecule has 106 valence electrons. The zero-order valence-corrected chi connectivity index (χ0v) is 10.9. The molecule has 0 fully saturated rings. The van der Waals surface area contributed by atoms with Crippen molar-refractivity contribution in [2.75, 3.05) is 7.11 Å². The molecule has 0 spiro atoms. The van der Waals surface area contributed by atoms with Crippen molar-refractivity contribution in [1.82, 2.24) is 0 Å². The standard InChI is InChI=1S/C15H14F3NO/c1-20-13-5-3-2-4-9(13)8-12(19)10-6-7-11(16)15(18)14(10)17/h2-7,12H,8,19H2,1H3. The number of hydrogen-bond donors (Lipinski definition) is 1. The normalized spacial score (nSPS) is 12.2. The molecule has 0 aliphatic carbocycles. The van der Waals surface area contributed by atoms with Crippen molar-refractivity contribution in [1.29, 1.82) is 0 Å². The van der Waals surface area contributed by atoms with Gasteiger partial charge in [-0.15, -0.1) is 0 Å². The molecule has 2 aromatic rings. The largest absolute Gasteiger partial charge is 0.496 e. The highest BCUT2D eigenvalue weighted by atomic mass is 19.2. The molecule has 2 aromatic carbocycles. The van der Waals surface area contributed by atoms with Crippen molar-refractivity contribution in [3.8, 4) is 5.75 Å². The molecule has 0 aliphatic rings. The number of benzene rings is 2. The van der Waals surface area contributed by atoms with E-state index in [0.717, 1.165) is 17.7 Å². The molecule has 0 saturated heterocycles. The Bertz CT molecular complexity index is 616. The second kappa shape index (κ2) is 5.96. The average Bonchev–Trinajstić information content (AvgIpc) is 2.45. The van der Waals surface area contributed by atoms with E-state index in [1.165, 1.54) is 7.11 Å². The lowest BCUT2D eigenvalue weighted by Crippen LogP contribution is -2.16. The van der Waals surface area contributed by atoms with Gasteiger partial charge in [-0.3, -0.25) is 0 Å². The summed E-state index contributed by atoms with van der Waals surface area (Å²) in [6.07, 6.45) is 0.256. The van der Waals surface area contributed by atoms with Crippen LogP contribution in [0.15, 0.2) is 36.4 Å². The van der Waals surface area contributed by atoms with E-state index in [4.69, 9.17) is 10.5 Å². The second-order valence-corrected chi connectivity index (χ2v) is 4.39. The van der Waals surface area contributed by atoms with Gasteiger partial charge in [0, 0.05) is 11.6 Å². The highest BCUT2D eigenvalue weighted by molar-refractivity contribution is 5.35. The van der Waals surface area contributed by atoms with Crippen molar-refractivity contribution in [3.63, 3.8) is 0 Å². The number of methoxy groups -OCH3 is 1. The SMILES string of the molecule is COc1ccccc1CC(N)c1ccc(F)c(F)c1F. The van der Waals surface area contributed by atoms with Gasteiger partial charge in [-0.25, -0.2) is 13.2 Å². The molecular weight excluding hydrogens is 267 g/mol. The molecule has 5 heteroatoms. The van der Waals surface area contributed by atoms with Crippen molar-refractivity contribution >= 4 is 0 Å². The predicted molar refractivity (Wildman–Crippen MR) is 69.9 cm³/mol. The van der Waals surface area contributed by atoms with Crippen LogP contribution >= 0.6 is 0 Å². The van der Waals surface area contributed by atoms with Crippen LogP contribution in [0.3, 0.4) is 0 Å².